The summed E-state index contributed by atoms with van der Waals surface area (Å²) in [5.74, 6) is 0.655. The highest BCUT2D eigenvalue weighted by Crippen LogP contribution is 2.33. The molecule has 0 radical (unpaired) electrons. The standard InChI is InChI=1S/C15H22BrN5O2/c1-9-6-10(8-20(9)14(22)23-15(2,3)4)21-13(18-5)11(7-17)12(16)19-21/h9-10,18H,6,8H2,1-5H3. The summed E-state index contributed by atoms with van der Waals surface area (Å²) >= 11 is 3.32. The number of hydrogen-bond acceptors (Lipinski definition) is 5. The molecule has 0 aliphatic carbocycles. The molecule has 1 saturated heterocycles. The van der Waals surface area contributed by atoms with Crippen molar-refractivity contribution in [1.82, 2.24) is 14.7 Å². The van der Waals surface area contributed by atoms with Gasteiger partial charge in [-0.25, -0.2) is 9.48 Å². The number of rotatable bonds is 2. The summed E-state index contributed by atoms with van der Waals surface area (Å²) in [5.41, 5.74) is -0.0517. The van der Waals surface area contributed by atoms with E-state index in [1.165, 1.54) is 0 Å². The van der Waals surface area contributed by atoms with Gasteiger partial charge in [-0.05, 0) is 50.0 Å². The van der Waals surface area contributed by atoms with Crippen LogP contribution >= 0.6 is 15.9 Å². The summed E-state index contributed by atoms with van der Waals surface area (Å²) in [6, 6.07) is 2.18. The van der Waals surface area contributed by atoms with Crippen LogP contribution in [-0.4, -0.2) is 46.0 Å². The Labute approximate surface area is 144 Å². The molecule has 2 heterocycles. The van der Waals surface area contributed by atoms with Gasteiger partial charge < -0.3 is 15.0 Å². The molecule has 1 N–H and O–H groups in total. The third-order valence-corrected chi connectivity index (χ3v) is 4.30. The highest BCUT2D eigenvalue weighted by atomic mass is 79.9. The van der Waals surface area contributed by atoms with Gasteiger partial charge >= 0.3 is 6.09 Å². The van der Waals surface area contributed by atoms with E-state index >= 15 is 0 Å². The third kappa shape index (κ3) is 3.61. The fourth-order valence-electron chi connectivity index (χ4n) is 2.76. The van der Waals surface area contributed by atoms with Gasteiger partial charge in [0.25, 0.3) is 0 Å². The van der Waals surface area contributed by atoms with Gasteiger partial charge in [-0.2, -0.15) is 10.4 Å². The van der Waals surface area contributed by atoms with Crippen LogP contribution in [0.3, 0.4) is 0 Å². The number of hydrogen-bond donors (Lipinski definition) is 1. The SMILES string of the molecule is CNc1c(C#N)c(Br)nn1C1CC(C)N(C(=O)OC(C)(C)C)C1. The molecule has 2 atom stereocenters. The Morgan fingerprint density at radius 2 is 2.17 bits per heavy atom. The van der Waals surface area contributed by atoms with Crippen molar-refractivity contribution < 1.29 is 9.53 Å². The zero-order chi connectivity index (χ0) is 17.4. The Morgan fingerprint density at radius 1 is 1.52 bits per heavy atom. The molecule has 126 valence electrons. The van der Waals surface area contributed by atoms with Gasteiger partial charge in [0.15, 0.2) is 0 Å². The number of carbonyl (C=O) groups excluding carboxylic acids is 1. The maximum atomic E-state index is 12.3. The summed E-state index contributed by atoms with van der Waals surface area (Å²) in [6.45, 7) is 8.06. The number of nitrogens with one attached hydrogen (secondary N) is 1. The smallest absolute Gasteiger partial charge is 0.410 e. The van der Waals surface area contributed by atoms with Crippen LogP contribution in [-0.2, 0) is 4.74 Å². The maximum absolute atomic E-state index is 12.3. The number of likely N-dealkylation sites (tertiary alicyclic amines) is 1. The molecule has 0 saturated carbocycles. The number of ether oxygens (including phenoxy) is 1. The van der Waals surface area contributed by atoms with Crippen LogP contribution in [0.5, 0.6) is 0 Å². The number of nitriles is 1. The predicted octanol–water partition coefficient (Wildman–Crippen LogP) is 3.13. The second kappa shape index (κ2) is 6.40. The first-order valence-corrected chi connectivity index (χ1v) is 8.32. The lowest BCUT2D eigenvalue weighted by Gasteiger charge is -2.26. The van der Waals surface area contributed by atoms with Gasteiger partial charge in [0.2, 0.25) is 0 Å². The van der Waals surface area contributed by atoms with Crippen LogP contribution < -0.4 is 5.32 Å². The molecule has 0 bridgehead atoms. The minimum absolute atomic E-state index is 0.00151. The molecular weight excluding hydrogens is 362 g/mol. The van der Waals surface area contributed by atoms with Crippen molar-refractivity contribution in [3.8, 4) is 6.07 Å². The van der Waals surface area contributed by atoms with Crippen molar-refractivity contribution in [2.45, 2.75) is 51.8 Å². The summed E-state index contributed by atoms with van der Waals surface area (Å²) in [6.07, 6.45) is 0.442. The van der Waals surface area contributed by atoms with Gasteiger partial charge in [-0.1, -0.05) is 0 Å². The lowest BCUT2D eigenvalue weighted by molar-refractivity contribution is 0.0234. The maximum Gasteiger partial charge on any atom is 0.410 e. The van der Waals surface area contributed by atoms with Crippen LogP contribution in [0.15, 0.2) is 4.60 Å². The number of aromatic nitrogens is 2. The summed E-state index contributed by atoms with van der Waals surface area (Å²) in [5, 5.41) is 16.7. The highest BCUT2D eigenvalue weighted by molar-refractivity contribution is 9.10. The van der Waals surface area contributed by atoms with E-state index in [2.05, 4.69) is 32.4 Å². The Hall–Kier alpha value is -1.75. The summed E-state index contributed by atoms with van der Waals surface area (Å²) in [7, 11) is 1.75. The average Bonchev–Trinajstić information content (AvgIpc) is 2.96. The highest BCUT2D eigenvalue weighted by Gasteiger charge is 2.37. The van der Waals surface area contributed by atoms with Crippen LogP contribution in [0.4, 0.5) is 10.6 Å². The zero-order valence-electron chi connectivity index (χ0n) is 14.1. The lowest BCUT2D eigenvalue weighted by Crippen LogP contribution is -2.39. The first-order chi connectivity index (χ1) is 10.7. The van der Waals surface area contributed by atoms with Gasteiger partial charge in [-0.3, -0.25) is 0 Å². The molecule has 1 fully saturated rings. The lowest BCUT2D eigenvalue weighted by atomic mass is 10.2. The molecule has 0 spiro atoms. The van der Waals surface area contributed by atoms with Crippen molar-refractivity contribution >= 4 is 27.8 Å². The summed E-state index contributed by atoms with van der Waals surface area (Å²) in [4.78, 5) is 14.0. The first kappa shape index (κ1) is 17.6. The Bertz CT molecular complexity index is 644. The third-order valence-electron chi connectivity index (χ3n) is 3.74. The molecule has 2 rings (SSSR count). The molecule has 8 heteroatoms. The number of amides is 1. The minimum atomic E-state index is -0.520. The molecule has 23 heavy (non-hydrogen) atoms. The molecule has 0 aromatic carbocycles. The topological polar surface area (TPSA) is 83.2 Å². The van der Waals surface area contributed by atoms with E-state index in [-0.39, 0.29) is 18.2 Å². The average molecular weight is 384 g/mol. The largest absolute Gasteiger partial charge is 0.444 e. The first-order valence-electron chi connectivity index (χ1n) is 7.53. The number of carbonyl (C=O) groups is 1. The van der Waals surface area contributed by atoms with Crippen molar-refractivity contribution in [1.29, 1.82) is 5.26 Å². The van der Waals surface area contributed by atoms with Crippen LogP contribution in [0.2, 0.25) is 0 Å². The quantitative estimate of drug-likeness (QED) is 0.847. The van der Waals surface area contributed by atoms with Gasteiger partial charge in [0.1, 0.15) is 27.7 Å². The zero-order valence-corrected chi connectivity index (χ0v) is 15.6. The van der Waals surface area contributed by atoms with E-state index in [4.69, 9.17) is 4.74 Å². The molecule has 7 nitrogen and oxygen atoms in total. The predicted molar refractivity (Wildman–Crippen MR) is 90.2 cm³/mol. The van der Waals surface area contributed by atoms with E-state index < -0.39 is 5.60 Å². The molecule has 2 unspecified atom stereocenters. The minimum Gasteiger partial charge on any atom is -0.444 e. The molecule has 1 aromatic rings. The van der Waals surface area contributed by atoms with Crippen LogP contribution in [0.1, 0.15) is 45.7 Å². The second-order valence-corrected chi connectivity index (χ2v) is 7.44. The van der Waals surface area contributed by atoms with E-state index in [0.29, 0.717) is 22.5 Å². The number of halogens is 1. The Balaban J connectivity index is 2.22. The van der Waals surface area contributed by atoms with Crippen molar-refractivity contribution in [2.24, 2.45) is 0 Å². The van der Waals surface area contributed by atoms with E-state index in [0.717, 1.165) is 6.42 Å². The fourth-order valence-corrected chi connectivity index (χ4v) is 3.21. The number of anilines is 1. The van der Waals surface area contributed by atoms with Crippen LogP contribution in [0.25, 0.3) is 0 Å². The molecule has 1 aromatic heterocycles. The molecular formula is C15H22BrN5O2. The molecule has 1 aliphatic rings. The monoisotopic (exact) mass is 383 g/mol. The second-order valence-electron chi connectivity index (χ2n) is 6.69. The van der Waals surface area contributed by atoms with Gasteiger partial charge in [-0.15, -0.1) is 0 Å². The number of nitrogens with zero attached hydrogens (tertiary/aromatic N) is 4. The summed E-state index contributed by atoms with van der Waals surface area (Å²) < 4.78 is 7.75. The van der Waals surface area contributed by atoms with Crippen molar-refractivity contribution in [3.05, 3.63) is 10.2 Å². The van der Waals surface area contributed by atoms with E-state index in [1.807, 2.05) is 27.7 Å². The normalized spacial score (nSPS) is 21.2. The van der Waals surface area contributed by atoms with E-state index in [1.54, 1.807) is 16.6 Å². The van der Waals surface area contributed by atoms with Crippen molar-refractivity contribution in [3.63, 3.8) is 0 Å². The van der Waals surface area contributed by atoms with Crippen LogP contribution in [0, 0.1) is 11.3 Å². The fraction of sp³-hybridized carbons (Fsp3) is 0.667. The molecule has 1 aliphatic heterocycles. The van der Waals surface area contributed by atoms with Crippen molar-refractivity contribution in [2.75, 3.05) is 18.9 Å². The molecule has 1 amide bonds. The van der Waals surface area contributed by atoms with Gasteiger partial charge in [0, 0.05) is 19.6 Å². The van der Waals surface area contributed by atoms with Gasteiger partial charge in [0.05, 0.1) is 6.04 Å². The Kier molecular flexibility index (Phi) is 4.90. The Morgan fingerprint density at radius 3 is 2.70 bits per heavy atom. The van der Waals surface area contributed by atoms with E-state index in [9.17, 15) is 10.1 Å².